The largest absolute Gasteiger partial charge is 0.376 e. The number of amides is 2. The zero-order chi connectivity index (χ0) is 17.6. The molecule has 6 nitrogen and oxygen atoms in total. The lowest BCUT2D eigenvalue weighted by atomic mass is 9.86. The van der Waals surface area contributed by atoms with Crippen molar-refractivity contribution in [1.29, 1.82) is 0 Å². The monoisotopic (exact) mass is 360 g/mol. The summed E-state index contributed by atoms with van der Waals surface area (Å²) in [5, 5.41) is 6.23. The molecule has 25 heavy (non-hydrogen) atoms. The summed E-state index contributed by atoms with van der Waals surface area (Å²) in [6, 6.07) is 3.62. The molecule has 1 atom stereocenters. The van der Waals surface area contributed by atoms with E-state index in [0.717, 1.165) is 22.7 Å². The molecule has 0 aromatic carbocycles. The first kappa shape index (κ1) is 17.8. The zero-order valence-corrected chi connectivity index (χ0v) is 15.4. The van der Waals surface area contributed by atoms with Gasteiger partial charge in [0.05, 0.1) is 16.7 Å². The number of hydrogen-bond acceptors (Lipinski definition) is 5. The molecule has 0 unspecified atom stereocenters. The van der Waals surface area contributed by atoms with Crippen molar-refractivity contribution in [1.82, 2.24) is 15.3 Å². The Bertz CT molecular complexity index is 700. The summed E-state index contributed by atoms with van der Waals surface area (Å²) >= 11 is 1.46. The number of nitrogens with zero attached hydrogens (tertiary/aromatic N) is 2. The quantitative estimate of drug-likeness (QED) is 0.786. The second kappa shape index (κ2) is 8.40. The predicted octanol–water partition coefficient (Wildman–Crippen LogP) is 3.84. The summed E-state index contributed by atoms with van der Waals surface area (Å²) in [5.74, 6) is 0.709. The van der Waals surface area contributed by atoms with Crippen LogP contribution in [0.4, 0.5) is 9.93 Å². The van der Waals surface area contributed by atoms with Crippen LogP contribution in [0.2, 0.25) is 0 Å². The Balaban J connectivity index is 1.46. The lowest BCUT2D eigenvalue weighted by Crippen LogP contribution is -2.36. The van der Waals surface area contributed by atoms with E-state index >= 15 is 0 Å². The molecule has 134 valence electrons. The van der Waals surface area contributed by atoms with Gasteiger partial charge in [-0.25, -0.2) is 9.78 Å². The Labute approximate surface area is 152 Å². The van der Waals surface area contributed by atoms with E-state index in [1.165, 1.54) is 30.6 Å². The third kappa shape index (κ3) is 4.99. The molecular weight excluding hydrogens is 336 g/mol. The standard InChI is InChI=1S/C18H24N4O2S/c1-12(24-11-14-4-3-5-14)10-20-17(23)22-18-21-13(2)16(25-18)15-6-8-19-9-7-15/h6-9,12,14H,3-5,10-11H2,1-2H3,(H2,20,21,22,23)/t12-/m0/s1. The molecule has 7 heteroatoms. The number of thiazole rings is 1. The maximum atomic E-state index is 12.1. The van der Waals surface area contributed by atoms with Crippen LogP contribution in [0.5, 0.6) is 0 Å². The first-order valence-electron chi connectivity index (χ1n) is 8.66. The van der Waals surface area contributed by atoms with Gasteiger partial charge < -0.3 is 10.1 Å². The van der Waals surface area contributed by atoms with Gasteiger partial charge in [0.1, 0.15) is 0 Å². The minimum Gasteiger partial charge on any atom is -0.376 e. The van der Waals surface area contributed by atoms with Crippen LogP contribution in [0.3, 0.4) is 0 Å². The van der Waals surface area contributed by atoms with E-state index in [-0.39, 0.29) is 12.1 Å². The average molecular weight is 360 g/mol. The fraction of sp³-hybridized carbons (Fsp3) is 0.500. The van der Waals surface area contributed by atoms with Gasteiger partial charge in [0.2, 0.25) is 0 Å². The average Bonchev–Trinajstić information content (AvgIpc) is 2.92. The van der Waals surface area contributed by atoms with E-state index in [4.69, 9.17) is 4.74 Å². The second-order valence-corrected chi connectivity index (χ2v) is 7.44. The predicted molar refractivity (Wildman–Crippen MR) is 99.9 cm³/mol. The van der Waals surface area contributed by atoms with E-state index in [1.54, 1.807) is 12.4 Å². The number of anilines is 1. The van der Waals surface area contributed by atoms with Crippen LogP contribution < -0.4 is 10.6 Å². The minimum atomic E-state index is -0.255. The fourth-order valence-electron chi connectivity index (χ4n) is 2.62. The summed E-state index contributed by atoms with van der Waals surface area (Å²) in [4.78, 5) is 21.5. The van der Waals surface area contributed by atoms with Crippen LogP contribution >= 0.6 is 11.3 Å². The van der Waals surface area contributed by atoms with Gasteiger partial charge in [0.25, 0.3) is 0 Å². The van der Waals surface area contributed by atoms with Crippen LogP contribution in [0, 0.1) is 12.8 Å². The van der Waals surface area contributed by atoms with Crippen molar-refractivity contribution in [2.75, 3.05) is 18.5 Å². The summed E-state index contributed by atoms with van der Waals surface area (Å²) in [6.07, 6.45) is 7.36. The number of carbonyl (C=O) groups is 1. The van der Waals surface area contributed by atoms with Gasteiger partial charge in [-0.05, 0) is 50.3 Å². The highest BCUT2D eigenvalue weighted by Crippen LogP contribution is 2.32. The van der Waals surface area contributed by atoms with E-state index < -0.39 is 0 Å². The molecule has 0 radical (unpaired) electrons. The molecule has 2 N–H and O–H groups in total. The minimum absolute atomic E-state index is 0.0109. The molecule has 1 aliphatic carbocycles. The van der Waals surface area contributed by atoms with Crippen LogP contribution in [-0.2, 0) is 4.74 Å². The number of carbonyl (C=O) groups excluding carboxylic acids is 1. The number of hydrogen-bond donors (Lipinski definition) is 2. The fourth-order valence-corrected chi connectivity index (χ4v) is 3.58. The molecule has 0 bridgehead atoms. The molecule has 2 aromatic heterocycles. The first-order chi connectivity index (χ1) is 12.1. The first-order valence-corrected chi connectivity index (χ1v) is 9.47. The number of nitrogens with one attached hydrogen (secondary N) is 2. The maximum Gasteiger partial charge on any atom is 0.321 e. The number of urea groups is 1. The van der Waals surface area contributed by atoms with Crippen molar-refractivity contribution in [3.63, 3.8) is 0 Å². The van der Waals surface area contributed by atoms with E-state index in [9.17, 15) is 4.79 Å². The Morgan fingerprint density at radius 2 is 2.16 bits per heavy atom. The topological polar surface area (TPSA) is 76.1 Å². The Kier molecular flexibility index (Phi) is 5.99. The number of aryl methyl sites for hydroxylation is 1. The molecule has 3 rings (SSSR count). The van der Waals surface area contributed by atoms with Gasteiger partial charge in [0.15, 0.2) is 5.13 Å². The molecule has 2 heterocycles. The summed E-state index contributed by atoms with van der Waals surface area (Å²) in [6.45, 7) is 5.20. The van der Waals surface area contributed by atoms with Crippen molar-refractivity contribution in [2.45, 2.75) is 39.2 Å². The van der Waals surface area contributed by atoms with Crippen LogP contribution in [0.15, 0.2) is 24.5 Å². The van der Waals surface area contributed by atoms with Gasteiger partial charge in [-0.3, -0.25) is 10.3 Å². The van der Waals surface area contributed by atoms with Gasteiger partial charge in [-0.15, -0.1) is 0 Å². The Morgan fingerprint density at radius 3 is 2.84 bits per heavy atom. The molecule has 1 saturated carbocycles. The van der Waals surface area contributed by atoms with Gasteiger partial charge in [-0.2, -0.15) is 0 Å². The lowest BCUT2D eigenvalue weighted by Gasteiger charge is -2.26. The summed E-state index contributed by atoms with van der Waals surface area (Å²) in [5.41, 5.74) is 1.94. The number of pyridine rings is 1. The Morgan fingerprint density at radius 1 is 1.40 bits per heavy atom. The third-order valence-corrected chi connectivity index (χ3v) is 5.47. The van der Waals surface area contributed by atoms with Gasteiger partial charge in [0, 0.05) is 25.5 Å². The number of rotatable bonds is 7. The smallest absolute Gasteiger partial charge is 0.321 e. The zero-order valence-electron chi connectivity index (χ0n) is 14.6. The molecule has 0 saturated heterocycles. The highest BCUT2D eigenvalue weighted by atomic mass is 32.1. The summed E-state index contributed by atoms with van der Waals surface area (Å²) < 4.78 is 5.77. The lowest BCUT2D eigenvalue weighted by molar-refractivity contribution is 0.0221. The van der Waals surface area contributed by atoms with Crippen LogP contribution in [0.1, 0.15) is 31.9 Å². The molecule has 0 spiro atoms. The molecular formula is C18H24N4O2S. The van der Waals surface area contributed by atoms with Gasteiger partial charge >= 0.3 is 6.03 Å². The number of ether oxygens (including phenoxy) is 1. The van der Waals surface area contributed by atoms with E-state index in [2.05, 4.69) is 20.6 Å². The van der Waals surface area contributed by atoms with E-state index in [0.29, 0.717) is 17.6 Å². The van der Waals surface area contributed by atoms with Crippen molar-refractivity contribution >= 4 is 22.5 Å². The highest BCUT2D eigenvalue weighted by Gasteiger charge is 2.18. The van der Waals surface area contributed by atoms with Crippen molar-refractivity contribution < 1.29 is 9.53 Å². The summed E-state index contributed by atoms with van der Waals surface area (Å²) in [7, 11) is 0. The van der Waals surface area contributed by atoms with Crippen molar-refractivity contribution in [3.8, 4) is 10.4 Å². The van der Waals surface area contributed by atoms with E-state index in [1.807, 2.05) is 26.0 Å². The van der Waals surface area contributed by atoms with Gasteiger partial charge in [-0.1, -0.05) is 17.8 Å². The molecule has 2 aromatic rings. The van der Waals surface area contributed by atoms with Crippen LogP contribution in [-0.4, -0.2) is 35.3 Å². The molecule has 1 fully saturated rings. The molecule has 1 aliphatic rings. The second-order valence-electron chi connectivity index (χ2n) is 6.45. The normalized spacial score (nSPS) is 15.4. The van der Waals surface area contributed by atoms with Crippen molar-refractivity contribution in [2.24, 2.45) is 5.92 Å². The Hall–Kier alpha value is -1.99. The number of aromatic nitrogens is 2. The maximum absolute atomic E-state index is 12.1. The highest BCUT2D eigenvalue weighted by molar-refractivity contribution is 7.19. The molecule has 0 aliphatic heterocycles. The SMILES string of the molecule is Cc1nc(NC(=O)NC[C@H](C)OCC2CCC2)sc1-c1ccncc1. The van der Waals surface area contributed by atoms with Crippen molar-refractivity contribution in [3.05, 3.63) is 30.2 Å². The molecule has 2 amide bonds. The third-order valence-electron chi connectivity index (χ3n) is 4.35. The van der Waals surface area contributed by atoms with Crippen LogP contribution in [0.25, 0.3) is 10.4 Å².